The zero-order chi connectivity index (χ0) is 6.69. The maximum atomic E-state index is 5.60. The van der Waals surface area contributed by atoms with E-state index in [-0.39, 0.29) is 0 Å². The van der Waals surface area contributed by atoms with Crippen LogP contribution in [0, 0.1) is 0 Å². The van der Waals surface area contributed by atoms with Crippen molar-refractivity contribution in [3.63, 3.8) is 0 Å². The van der Waals surface area contributed by atoms with Gasteiger partial charge in [-0.25, -0.2) is 0 Å². The van der Waals surface area contributed by atoms with Crippen LogP contribution in [0.25, 0.3) is 0 Å². The molecular formula is C6H5BBrP. The van der Waals surface area contributed by atoms with Crippen LogP contribution < -0.4 is 5.30 Å². The summed E-state index contributed by atoms with van der Waals surface area (Å²) in [4.78, 5) is 0. The van der Waals surface area contributed by atoms with Crippen LogP contribution in [-0.2, 0) is 0 Å². The first-order valence-electron chi connectivity index (χ1n) is 2.56. The largest absolute Gasteiger partial charge is 0.131 e. The van der Waals surface area contributed by atoms with Crippen LogP contribution in [0.2, 0.25) is 0 Å². The molecule has 0 aliphatic heterocycles. The van der Waals surface area contributed by atoms with Gasteiger partial charge in [-0.2, -0.15) is 0 Å². The van der Waals surface area contributed by atoms with E-state index in [1.54, 1.807) is 0 Å². The molecule has 0 fully saturated rings. The SMILES string of the molecule is [B]P(Br)c1ccccc1. The van der Waals surface area contributed by atoms with Crippen molar-refractivity contribution < 1.29 is 0 Å². The second kappa shape index (κ2) is 3.38. The molecule has 0 spiro atoms. The van der Waals surface area contributed by atoms with Gasteiger partial charge in [0.1, 0.15) is 7.57 Å². The van der Waals surface area contributed by atoms with E-state index in [1.165, 1.54) is 5.30 Å². The van der Waals surface area contributed by atoms with Crippen LogP contribution in [0.15, 0.2) is 30.3 Å². The van der Waals surface area contributed by atoms with Crippen LogP contribution in [0.3, 0.4) is 0 Å². The highest BCUT2D eigenvalue weighted by molar-refractivity contribution is 9.42. The summed E-state index contributed by atoms with van der Waals surface area (Å²) in [5, 5.41) is 1.17. The van der Waals surface area contributed by atoms with Gasteiger partial charge in [0, 0.05) is 0 Å². The van der Waals surface area contributed by atoms with Gasteiger partial charge in [0.25, 0.3) is 0 Å². The molecule has 0 bridgehead atoms. The number of hydrogen-bond acceptors (Lipinski definition) is 0. The summed E-state index contributed by atoms with van der Waals surface area (Å²) in [5.41, 5.74) is 0. The summed E-state index contributed by atoms with van der Waals surface area (Å²) in [6.07, 6.45) is 0. The van der Waals surface area contributed by atoms with Crippen LogP contribution in [0.1, 0.15) is 0 Å². The molecular weight excluding hydrogens is 194 g/mol. The molecule has 0 nitrogen and oxygen atoms in total. The lowest BCUT2D eigenvalue weighted by Gasteiger charge is -2.00. The Hall–Kier alpha value is 0.195. The number of benzene rings is 1. The molecule has 1 aromatic rings. The lowest BCUT2D eigenvalue weighted by molar-refractivity contribution is 1.78. The Morgan fingerprint density at radius 2 is 1.78 bits per heavy atom. The minimum atomic E-state index is -0.583. The van der Waals surface area contributed by atoms with E-state index in [4.69, 9.17) is 7.57 Å². The summed E-state index contributed by atoms with van der Waals surface area (Å²) in [7, 11) is 5.60. The quantitative estimate of drug-likeness (QED) is 0.480. The van der Waals surface area contributed by atoms with Crippen molar-refractivity contribution in [3.05, 3.63) is 30.3 Å². The molecule has 0 aromatic heterocycles. The molecule has 0 N–H and O–H groups in total. The fraction of sp³-hybridized carbons (Fsp3) is 0. The molecule has 1 atom stereocenters. The molecule has 1 unspecified atom stereocenters. The lowest BCUT2D eigenvalue weighted by Crippen LogP contribution is -1.93. The molecule has 44 valence electrons. The summed E-state index contributed by atoms with van der Waals surface area (Å²) in [5.74, 6) is 0. The Labute approximate surface area is 65.5 Å². The Kier molecular flexibility index (Phi) is 2.75. The van der Waals surface area contributed by atoms with E-state index in [0.717, 1.165) is 0 Å². The van der Waals surface area contributed by atoms with E-state index in [0.29, 0.717) is 0 Å². The molecule has 9 heavy (non-hydrogen) atoms. The van der Waals surface area contributed by atoms with Gasteiger partial charge in [-0.05, 0) is 5.30 Å². The summed E-state index contributed by atoms with van der Waals surface area (Å²) >= 11 is 3.33. The third-order valence-corrected chi connectivity index (χ3v) is 3.02. The van der Waals surface area contributed by atoms with Gasteiger partial charge >= 0.3 is 0 Å². The second-order valence-corrected chi connectivity index (χ2v) is 5.08. The highest BCUT2D eigenvalue weighted by Gasteiger charge is 1.94. The smallest absolute Gasteiger partial charge is 0.0675 e. The van der Waals surface area contributed by atoms with Crippen LogP contribution in [0.5, 0.6) is 0 Å². The molecule has 3 heteroatoms. The minimum Gasteiger partial charge on any atom is -0.0675 e. The van der Waals surface area contributed by atoms with Gasteiger partial charge in [0.05, 0.1) is 0 Å². The van der Waals surface area contributed by atoms with E-state index in [9.17, 15) is 0 Å². The number of rotatable bonds is 1. The van der Waals surface area contributed by atoms with Crippen molar-refractivity contribution in [2.24, 2.45) is 0 Å². The maximum absolute atomic E-state index is 5.60. The first-order chi connectivity index (χ1) is 4.30. The van der Waals surface area contributed by atoms with Crippen molar-refractivity contribution in [1.82, 2.24) is 0 Å². The van der Waals surface area contributed by atoms with Crippen LogP contribution in [0.4, 0.5) is 0 Å². The van der Waals surface area contributed by atoms with Gasteiger partial charge in [-0.1, -0.05) is 52.3 Å². The molecule has 0 heterocycles. The molecule has 0 saturated carbocycles. The lowest BCUT2D eigenvalue weighted by atomic mass is 10.4. The van der Waals surface area contributed by atoms with Crippen LogP contribution >= 0.6 is 22.0 Å². The van der Waals surface area contributed by atoms with Gasteiger partial charge in [0.15, 0.2) is 0 Å². The van der Waals surface area contributed by atoms with Gasteiger partial charge in [-0.15, -0.1) is 0 Å². The van der Waals surface area contributed by atoms with E-state index >= 15 is 0 Å². The molecule has 0 aliphatic carbocycles. The second-order valence-electron chi connectivity index (χ2n) is 1.65. The van der Waals surface area contributed by atoms with Gasteiger partial charge in [-0.3, -0.25) is 0 Å². The molecule has 1 aromatic carbocycles. The molecule has 0 amide bonds. The predicted octanol–water partition coefficient (Wildman–Crippen LogP) is 2.19. The summed E-state index contributed by atoms with van der Waals surface area (Å²) in [6, 6.07) is 9.98. The third kappa shape index (κ3) is 2.11. The van der Waals surface area contributed by atoms with Crippen molar-refractivity contribution in [1.29, 1.82) is 0 Å². The normalized spacial score (nSPS) is 13.0. The first kappa shape index (κ1) is 7.30. The van der Waals surface area contributed by atoms with Crippen molar-refractivity contribution in [2.75, 3.05) is 0 Å². The number of hydrogen-bond donors (Lipinski definition) is 0. The Morgan fingerprint density at radius 1 is 1.22 bits per heavy atom. The zero-order valence-corrected chi connectivity index (χ0v) is 7.27. The van der Waals surface area contributed by atoms with E-state index < -0.39 is 6.50 Å². The fourth-order valence-corrected chi connectivity index (χ4v) is 1.74. The van der Waals surface area contributed by atoms with Crippen molar-refractivity contribution in [3.8, 4) is 0 Å². The summed E-state index contributed by atoms with van der Waals surface area (Å²) < 4.78 is 0. The Bertz CT molecular complexity index is 176. The van der Waals surface area contributed by atoms with E-state index in [2.05, 4.69) is 15.5 Å². The number of halogens is 1. The summed E-state index contributed by atoms with van der Waals surface area (Å²) in [6.45, 7) is -0.583. The monoisotopic (exact) mass is 198 g/mol. The standard InChI is InChI=1S/C6H5BBrP/c7-9(8)6-4-2-1-3-5-6/h1-5H. The van der Waals surface area contributed by atoms with Gasteiger partial charge < -0.3 is 0 Å². The average molecular weight is 199 g/mol. The van der Waals surface area contributed by atoms with Crippen molar-refractivity contribution in [2.45, 2.75) is 0 Å². The Morgan fingerprint density at radius 3 is 2.11 bits per heavy atom. The molecule has 1 rings (SSSR count). The average Bonchev–Trinajstić information content (AvgIpc) is 1.90. The topological polar surface area (TPSA) is 0 Å². The molecule has 2 radical (unpaired) electrons. The molecule has 0 aliphatic rings. The van der Waals surface area contributed by atoms with Crippen molar-refractivity contribution >= 4 is 34.9 Å². The maximum Gasteiger partial charge on any atom is 0.131 e. The first-order valence-corrected chi connectivity index (χ1v) is 5.99. The van der Waals surface area contributed by atoms with E-state index in [1.807, 2.05) is 30.3 Å². The fourth-order valence-electron chi connectivity index (χ4n) is 0.570. The molecule has 0 saturated heterocycles. The highest BCUT2D eigenvalue weighted by atomic mass is 79.9. The van der Waals surface area contributed by atoms with Crippen LogP contribution in [-0.4, -0.2) is 7.57 Å². The zero-order valence-electron chi connectivity index (χ0n) is 4.79. The van der Waals surface area contributed by atoms with Gasteiger partial charge in [0.2, 0.25) is 0 Å². The highest BCUT2D eigenvalue weighted by Crippen LogP contribution is 2.36. The third-order valence-electron chi connectivity index (χ3n) is 1.00. The predicted molar refractivity (Wildman–Crippen MR) is 47.7 cm³/mol. The Balaban J connectivity index is 2.85. The minimum absolute atomic E-state index is 0.583.